The Bertz CT molecular complexity index is 943. The molecule has 0 bridgehead atoms. The first-order valence-corrected chi connectivity index (χ1v) is 10.1. The number of nitrogens with zero attached hydrogens (tertiary/aromatic N) is 2. The van der Waals surface area contributed by atoms with Crippen molar-refractivity contribution in [3.05, 3.63) is 58.0 Å². The second-order valence-corrected chi connectivity index (χ2v) is 7.31. The summed E-state index contributed by atoms with van der Waals surface area (Å²) in [5.74, 6) is 1.24. The molecule has 146 valence electrons. The number of amidine groups is 1. The van der Waals surface area contributed by atoms with Crippen LogP contribution in [0.2, 0.25) is 5.02 Å². The van der Waals surface area contributed by atoms with Gasteiger partial charge in [-0.1, -0.05) is 29.8 Å². The minimum atomic E-state index is -0.109. The number of para-hydroxylation sites is 1. The van der Waals surface area contributed by atoms with Gasteiger partial charge in [0.1, 0.15) is 0 Å². The Morgan fingerprint density at radius 2 is 1.82 bits per heavy atom. The van der Waals surface area contributed by atoms with Crippen molar-refractivity contribution in [3.63, 3.8) is 0 Å². The van der Waals surface area contributed by atoms with Gasteiger partial charge in [0, 0.05) is 7.05 Å². The highest BCUT2D eigenvalue weighted by Crippen LogP contribution is 2.36. The SMILES string of the molecule is CCOc1ccc(/C=C2/SC(=Nc3ccccc3Cl)N(C)C2=O)cc1OCC. The molecule has 28 heavy (non-hydrogen) atoms. The van der Waals surface area contributed by atoms with E-state index in [4.69, 9.17) is 21.1 Å². The number of carbonyl (C=O) groups excluding carboxylic acids is 1. The van der Waals surface area contributed by atoms with Crippen LogP contribution in [0, 0.1) is 0 Å². The van der Waals surface area contributed by atoms with Gasteiger partial charge in [0.15, 0.2) is 16.7 Å². The van der Waals surface area contributed by atoms with Crippen LogP contribution >= 0.6 is 23.4 Å². The lowest BCUT2D eigenvalue weighted by Crippen LogP contribution is -2.23. The van der Waals surface area contributed by atoms with Gasteiger partial charge in [0.2, 0.25) is 0 Å². The van der Waals surface area contributed by atoms with Crippen molar-refractivity contribution in [3.8, 4) is 11.5 Å². The van der Waals surface area contributed by atoms with Gasteiger partial charge in [-0.15, -0.1) is 0 Å². The summed E-state index contributed by atoms with van der Waals surface area (Å²) in [4.78, 5) is 19.3. The maximum absolute atomic E-state index is 12.6. The third-order valence-corrected chi connectivity index (χ3v) is 5.32. The average Bonchev–Trinajstić information content (AvgIpc) is 2.94. The van der Waals surface area contributed by atoms with Crippen LogP contribution in [-0.2, 0) is 4.79 Å². The van der Waals surface area contributed by atoms with Gasteiger partial charge in [0.25, 0.3) is 5.91 Å². The molecule has 0 atom stereocenters. The van der Waals surface area contributed by atoms with Gasteiger partial charge >= 0.3 is 0 Å². The van der Waals surface area contributed by atoms with Gasteiger partial charge in [-0.2, -0.15) is 0 Å². The minimum absolute atomic E-state index is 0.109. The van der Waals surface area contributed by atoms with E-state index >= 15 is 0 Å². The molecule has 7 heteroatoms. The fraction of sp³-hybridized carbons (Fsp3) is 0.238. The molecular formula is C21H21ClN2O3S. The summed E-state index contributed by atoms with van der Waals surface area (Å²) in [7, 11) is 1.70. The highest BCUT2D eigenvalue weighted by atomic mass is 35.5. The number of thioether (sulfide) groups is 1. The van der Waals surface area contributed by atoms with Crippen molar-refractivity contribution in [1.29, 1.82) is 0 Å². The monoisotopic (exact) mass is 416 g/mol. The van der Waals surface area contributed by atoms with Crippen LogP contribution in [0.1, 0.15) is 19.4 Å². The zero-order chi connectivity index (χ0) is 20.1. The largest absolute Gasteiger partial charge is 0.490 e. The Kier molecular flexibility index (Phi) is 6.65. The van der Waals surface area contributed by atoms with Gasteiger partial charge in [-0.05, 0) is 61.5 Å². The van der Waals surface area contributed by atoms with Crippen molar-refractivity contribution < 1.29 is 14.3 Å². The van der Waals surface area contributed by atoms with Crippen molar-refractivity contribution in [2.75, 3.05) is 20.3 Å². The normalized spacial score (nSPS) is 16.9. The van der Waals surface area contributed by atoms with E-state index < -0.39 is 0 Å². The molecular weight excluding hydrogens is 396 g/mol. The number of carbonyl (C=O) groups is 1. The van der Waals surface area contributed by atoms with Crippen molar-refractivity contribution in [2.45, 2.75) is 13.8 Å². The third-order valence-electron chi connectivity index (χ3n) is 3.94. The molecule has 0 radical (unpaired) electrons. The van der Waals surface area contributed by atoms with E-state index in [1.165, 1.54) is 16.7 Å². The van der Waals surface area contributed by atoms with E-state index in [1.807, 2.05) is 56.3 Å². The Hall–Kier alpha value is -2.44. The van der Waals surface area contributed by atoms with E-state index in [-0.39, 0.29) is 5.91 Å². The molecule has 1 saturated heterocycles. The first-order valence-electron chi connectivity index (χ1n) is 8.94. The van der Waals surface area contributed by atoms with Crippen LogP contribution in [0.15, 0.2) is 52.4 Å². The van der Waals surface area contributed by atoms with Gasteiger partial charge in [-0.3, -0.25) is 9.69 Å². The van der Waals surface area contributed by atoms with E-state index in [0.717, 1.165) is 5.56 Å². The maximum atomic E-state index is 12.6. The Labute approximate surface area is 174 Å². The van der Waals surface area contributed by atoms with Gasteiger partial charge in [-0.25, -0.2) is 4.99 Å². The lowest BCUT2D eigenvalue weighted by molar-refractivity contribution is -0.121. The molecule has 1 amide bonds. The Morgan fingerprint density at radius 3 is 2.54 bits per heavy atom. The first-order chi connectivity index (χ1) is 13.5. The number of hydrogen-bond donors (Lipinski definition) is 0. The van der Waals surface area contributed by atoms with Crippen molar-refractivity contribution in [2.24, 2.45) is 4.99 Å². The highest BCUT2D eigenvalue weighted by Gasteiger charge is 2.30. The quantitative estimate of drug-likeness (QED) is 0.594. The molecule has 0 aromatic heterocycles. The standard InChI is InChI=1S/C21H21ClN2O3S/c1-4-26-17-11-10-14(12-18(17)27-5-2)13-19-20(25)24(3)21(28-19)23-16-9-7-6-8-15(16)22/h6-13H,4-5H2,1-3H3/b19-13+,23-21?. The average molecular weight is 417 g/mol. The van der Waals surface area contributed by atoms with E-state index in [0.29, 0.717) is 45.5 Å². The number of amides is 1. The molecule has 0 aliphatic carbocycles. The predicted octanol–water partition coefficient (Wildman–Crippen LogP) is 5.37. The number of aliphatic imine (C=N–C) groups is 1. The Morgan fingerprint density at radius 1 is 1.11 bits per heavy atom. The van der Waals surface area contributed by atoms with Crippen LogP contribution in [-0.4, -0.2) is 36.2 Å². The van der Waals surface area contributed by atoms with E-state index in [9.17, 15) is 4.79 Å². The summed E-state index contributed by atoms with van der Waals surface area (Å²) >= 11 is 7.50. The fourth-order valence-electron chi connectivity index (χ4n) is 2.61. The van der Waals surface area contributed by atoms with E-state index in [1.54, 1.807) is 13.1 Å². The number of benzene rings is 2. The molecule has 1 aliphatic heterocycles. The maximum Gasteiger partial charge on any atom is 0.266 e. The number of halogens is 1. The number of ether oxygens (including phenoxy) is 2. The summed E-state index contributed by atoms with van der Waals surface area (Å²) in [6.45, 7) is 4.94. The zero-order valence-electron chi connectivity index (χ0n) is 15.9. The summed E-state index contributed by atoms with van der Waals surface area (Å²) in [6, 6.07) is 12.9. The summed E-state index contributed by atoms with van der Waals surface area (Å²) in [5.41, 5.74) is 1.49. The molecule has 1 fully saturated rings. The molecule has 0 spiro atoms. The molecule has 3 rings (SSSR count). The fourth-order valence-corrected chi connectivity index (χ4v) is 3.76. The molecule has 1 heterocycles. The predicted molar refractivity (Wildman–Crippen MR) is 116 cm³/mol. The molecule has 0 unspecified atom stereocenters. The molecule has 0 saturated carbocycles. The molecule has 0 N–H and O–H groups in total. The second-order valence-electron chi connectivity index (χ2n) is 5.89. The van der Waals surface area contributed by atoms with Crippen LogP contribution < -0.4 is 9.47 Å². The molecule has 1 aliphatic rings. The third kappa shape index (κ3) is 4.51. The molecule has 2 aromatic rings. The summed E-state index contributed by atoms with van der Waals surface area (Å²) < 4.78 is 11.3. The van der Waals surface area contributed by atoms with Crippen molar-refractivity contribution in [1.82, 2.24) is 4.90 Å². The van der Waals surface area contributed by atoms with E-state index in [2.05, 4.69) is 4.99 Å². The smallest absolute Gasteiger partial charge is 0.266 e. The topological polar surface area (TPSA) is 51.1 Å². The number of rotatable bonds is 6. The minimum Gasteiger partial charge on any atom is -0.490 e. The van der Waals surface area contributed by atoms with Crippen LogP contribution in [0.5, 0.6) is 11.5 Å². The van der Waals surface area contributed by atoms with Crippen LogP contribution in [0.4, 0.5) is 5.69 Å². The van der Waals surface area contributed by atoms with Crippen molar-refractivity contribution >= 4 is 46.2 Å². The van der Waals surface area contributed by atoms with Gasteiger partial charge < -0.3 is 9.47 Å². The number of hydrogen-bond acceptors (Lipinski definition) is 5. The molecule has 2 aromatic carbocycles. The van der Waals surface area contributed by atoms with Gasteiger partial charge in [0.05, 0.1) is 28.8 Å². The lowest BCUT2D eigenvalue weighted by Gasteiger charge is -2.11. The molecule has 5 nitrogen and oxygen atoms in total. The lowest BCUT2D eigenvalue weighted by atomic mass is 10.2. The second kappa shape index (κ2) is 9.17. The zero-order valence-corrected chi connectivity index (χ0v) is 17.5. The number of likely N-dealkylation sites (N-methyl/N-ethyl adjacent to an activating group) is 1. The summed E-state index contributed by atoms with van der Waals surface area (Å²) in [6.07, 6.45) is 1.83. The Balaban J connectivity index is 1.89. The summed E-state index contributed by atoms with van der Waals surface area (Å²) in [5, 5.41) is 1.13. The van der Waals surface area contributed by atoms with Crippen LogP contribution in [0.25, 0.3) is 6.08 Å². The highest BCUT2D eigenvalue weighted by molar-refractivity contribution is 8.18. The first kappa shape index (κ1) is 20.3. The van der Waals surface area contributed by atoms with Crippen LogP contribution in [0.3, 0.4) is 0 Å².